The topological polar surface area (TPSA) is 41.6 Å². The number of nitrogens with one attached hydrogen (secondary N) is 1. The van der Waals surface area contributed by atoms with Crippen LogP contribution in [0.2, 0.25) is 0 Å². The lowest BCUT2D eigenvalue weighted by molar-refractivity contribution is -0.146. The van der Waals surface area contributed by atoms with Crippen molar-refractivity contribution >= 4 is 11.7 Å². The Labute approximate surface area is 108 Å². The van der Waals surface area contributed by atoms with Gasteiger partial charge in [-0.05, 0) is 25.0 Å². The van der Waals surface area contributed by atoms with Gasteiger partial charge in [0, 0.05) is 18.8 Å². The van der Waals surface area contributed by atoms with E-state index in [0.29, 0.717) is 0 Å². The maximum atomic E-state index is 11.9. The molecule has 98 valence electrons. The Morgan fingerprint density at radius 1 is 1.22 bits per heavy atom. The van der Waals surface area contributed by atoms with E-state index in [0.717, 1.165) is 31.6 Å². The second kappa shape index (κ2) is 6.40. The molecule has 4 heteroatoms. The first-order valence-corrected chi connectivity index (χ1v) is 6.45. The van der Waals surface area contributed by atoms with Crippen molar-refractivity contribution in [1.82, 2.24) is 4.90 Å². The molecule has 1 aliphatic heterocycles. The first-order chi connectivity index (χ1) is 8.81. The minimum atomic E-state index is -0.377. The molecule has 1 atom stereocenters. The number of carbonyl (C=O) groups is 1. The predicted octanol–water partition coefficient (Wildman–Crippen LogP) is 2.08. The van der Waals surface area contributed by atoms with Crippen LogP contribution in [0.25, 0.3) is 0 Å². The summed E-state index contributed by atoms with van der Waals surface area (Å²) in [7, 11) is 1.44. The Hall–Kier alpha value is -1.55. The summed E-state index contributed by atoms with van der Waals surface area (Å²) >= 11 is 0. The van der Waals surface area contributed by atoms with E-state index < -0.39 is 0 Å². The first-order valence-electron chi connectivity index (χ1n) is 6.45. The van der Waals surface area contributed by atoms with Gasteiger partial charge in [0.15, 0.2) is 6.17 Å². The molecular weight excluding hydrogens is 228 g/mol. The van der Waals surface area contributed by atoms with Crippen molar-refractivity contribution in [1.29, 1.82) is 0 Å². The van der Waals surface area contributed by atoms with Crippen molar-refractivity contribution in [2.45, 2.75) is 25.4 Å². The maximum absolute atomic E-state index is 11.9. The van der Waals surface area contributed by atoms with Gasteiger partial charge in [0.25, 0.3) is 0 Å². The molecule has 0 saturated carbocycles. The van der Waals surface area contributed by atoms with Gasteiger partial charge in [0.2, 0.25) is 0 Å². The van der Waals surface area contributed by atoms with Gasteiger partial charge in [-0.3, -0.25) is 4.90 Å². The monoisotopic (exact) mass is 248 g/mol. The van der Waals surface area contributed by atoms with Crippen LogP contribution in [-0.2, 0) is 9.53 Å². The number of hydrogen-bond donors (Lipinski definition) is 1. The number of hydrogen-bond acceptors (Lipinski definition) is 4. The molecule has 0 spiro atoms. The van der Waals surface area contributed by atoms with Crippen LogP contribution in [0.15, 0.2) is 30.3 Å². The second-order valence-electron chi connectivity index (χ2n) is 4.53. The Kier molecular flexibility index (Phi) is 4.59. The van der Waals surface area contributed by atoms with Crippen molar-refractivity contribution in [3.8, 4) is 0 Å². The quantitative estimate of drug-likeness (QED) is 0.828. The number of benzene rings is 1. The van der Waals surface area contributed by atoms with Gasteiger partial charge in [-0.25, -0.2) is 4.79 Å². The third-order valence-electron chi connectivity index (χ3n) is 3.26. The van der Waals surface area contributed by atoms with Gasteiger partial charge in [0.1, 0.15) is 0 Å². The van der Waals surface area contributed by atoms with E-state index in [-0.39, 0.29) is 12.1 Å². The van der Waals surface area contributed by atoms with E-state index in [1.165, 1.54) is 13.5 Å². The standard InChI is InChI=1S/C14H20N2O2/c1-18-14(17)13(16-10-6-3-7-11-16)15-12-8-4-2-5-9-12/h2,4-5,8-9,13,15H,3,6-7,10-11H2,1H3. The smallest absolute Gasteiger partial charge is 0.343 e. The number of ether oxygens (including phenoxy) is 1. The predicted molar refractivity (Wildman–Crippen MR) is 71.3 cm³/mol. The number of likely N-dealkylation sites (tertiary alicyclic amines) is 1. The minimum Gasteiger partial charge on any atom is -0.466 e. The molecule has 18 heavy (non-hydrogen) atoms. The average molecular weight is 248 g/mol. The zero-order chi connectivity index (χ0) is 12.8. The molecule has 1 unspecified atom stereocenters. The summed E-state index contributed by atoms with van der Waals surface area (Å²) in [6.07, 6.45) is 3.15. The average Bonchev–Trinajstić information content (AvgIpc) is 2.46. The third kappa shape index (κ3) is 3.23. The minimum absolute atomic E-state index is 0.222. The van der Waals surface area contributed by atoms with Crippen molar-refractivity contribution in [2.75, 3.05) is 25.5 Å². The molecule has 1 fully saturated rings. The third-order valence-corrected chi connectivity index (χ3v) is 3.26. The number of nitrogens with zero attached hydrogens (tertiary/aromatic N) is 1. The molecule has 0 radical (unpaired) electrons. The summed E-state index contributed by atoms with van der Waals surface area (Å²) in [5.74, 6) is -0.222. The van der Waals surface area contributed by atoms with Gasteiger partial charge >= 0.3 is 5.97 Å². The molecule has 0 bridgehead atoms. The van der Waals surface area contributed by atoms with Gasteiger partial charge in [-0.1, -0.05) is 24.6 Å². The van der Waals surface area contributed by atoms with Crippen molar-refractivity contribution in [3.05, 3.63) is 30.3 Å². The molecular formula is C14H20N2O2. The molecule has 0 aliphatic carbocycles. The fraction of sp³-hybridized carbons (Fsp3) is 0.500. The molecule has 1 aliphatic rings. The Bertz CT molecular complexity index is 375. The summed E-state index contributed by atoms with van der Waals surface area (Å²) < 4.78 is 4.89. The van der Waals surface area contributed by atoms with Crippen LogP contribution in [0.3, 0.4) is 0 Å². The van der Waals surface area contributed by atoms with E-state index in [4.69, 9.17) is 4.74 Å². The fourth-order valence-corrected chi connectivity index (χ4v) is 2.28. The van der Waals surface area contributed by atoms with E-state index in [1.54, 1.807) is 0 Å². The largest absolute Gasteiger partial charge is 0.466 e. The number of rotatable bonds is 4. The maximum Gasteiger partial charge on any atom is 0.343 e. The van der Waals surface area contributed by atoms with Gasteiger partial charge in [0.05, 0.1) is 7.11 Å². The van der Waals surface area contributed by atoms with Gasteiger partial charge in [-0.2, -0.15) is 0 Å². The number of methoxy groups -OCH3 is 1. The highest BCUT2D eigenvalue weighted by atomic mass is 16.5. The number of piperidine rings is 1. The molecule has 1 aromatic carbocycles. The summed E-state index contributed by atoms with van der Waals surface area (Å²) in [6, 6.07) is 9.78. The van der Waals surface area contributed by atoms with Crippen molar-refractivity contribution in [2.24, 2.45) is 0 Å². The summed E-state index contributed by atoms with van der Waals surface area (Å²) in [4.78, 5) is 14.0. The summed E-state index contributed by atoms with van der Waals surface area (Å²) in [5.41, 5.74) is 0.943. The number of esters is 1. The summed E-state index contributed by atoms with van der Waals surface area (Å²) in [5, 5.41) is 3.25. The van der Waals surface area contributed by atoms with E-state index in [9.17, 15) is 4.79 Å². The first kappa shape index (κ1) is 12.9. The van der Waals surface area contributed by atoms with Crippen LogP contribution >= 0.6 is 0 Å². The van der Waals surface area contributed by atoms with Gasteiger partial charge in [-0.15, -0.1) is 0 Å². The Morgan fingerprint density at radius 3 is 2.50 bits per heavy atom. The lowest BCUT2D eigenvalue weighted by atomic mass is 10.1. The lowest BCUT2D eigenvalue weighted by Gasteiger charge is -2.33. The highest BCUT2D eigenvalue weighted by Crippen LogP contribution is 2.16. The zero-order valence-electron chi connectivity index (χ0n) is 10.8. The number of para-hydroxylation sites is 1. The number of carbonyl (C=O) groups excluding carboxylic acids is 1. The Balaban J connectivity index is 2.07. The second-order valence-corrected chi connectivity index (χ2v) is 4.53. The number of anilines is 1. The van der Waals surface area contributed by atoms with E-state index in [2.05, 4.69) is 10.2 Å². The van der Waals surface area contributed by atoms with Crippen LogP contribution in [0.1, 0.15) is 19.3 Å². The molecule has 1 heterocycles. The molecule has 0 amide bonds. The van der Waals surface area contributed by atoms with Crippen molar-refractivity contribution in [3.63, 3.8) is 0 Å². The summed E-state index contributed by atoms with van der Waals surface area (Å²) in [6.45, 7) is 1.89. The molecule has 4 nitrogen and oxygen atoms in total. The van der Waals surface area contributed by atoms with Crippen LogP contribution in [0.5, 0.6) is 0 Å². The zero-order valence-corrected chi connectivity index (χ0v) is 10.8. The van der Waals surface area contributed by atoms with Crippen LogP contribution in [0, 0.1) is 0 Å². The highest BCUT2D eigenvalue weighted by Gasteiger charge is 2.27. The SMILES string of the molecule is COC(=O)C(Nc1ccccc1)N1CCCCC1. The van der Waals surface area contributed by atoms with E-state index >= 15 is 0 Å². The van der Waals surface area contributed by atoms with Gasteiger partial charge < -0.3 is 10.1 Å². The molecule has 1 N–H and O–H groups in total. The van der Waals surface area contributed by atoms with Crippen LogP contribution in [0.4, 0.5) is 5.69 Å². The van der Waals surface area contributed by atoms with Crippen LogP contribution in [-0.4, -0.2) is 37.2 Å². The lowest BCUT2D eigenvalue weighted by Crippen LogP contribution is -2.49. The fourth-order valence-electron chi connectivity index (χ4n) is 2.28. The Morgan fingerprint density at radius 2 is 1.89 bits per heavy atom. The highest BCUT2D eigenvalue weighted by molar-refractivity contribution is 5.78. The van der Waals surface area contributed by atoms with Crippen molar-refractivity contribution < 1.29 is 9.53 Å². The molecule has 1 aromatic rings. The molecule has 1 saturated heterocycles. The van der Waals surface area contributed by atoms with E-state index in [1.807, 2.05) is 30.3 Å². The van der Waals surface area contributed by atoms with Crippen LogP contribution < -0.4 is 5.32 Å². The molecule has 2 rings (SSSR count). The molecule has 0 aromatic heterocycles. The normalized spacial score (nSPS) is 18.1.